The molecule has 0 unspecified atom stereocenters. The van der Waals surface area contributed by atoms with Gasteiger partial charge in [-0.1, -0.05) is 37.3 Å². The van der Waals surface area contributed by atoms with Crippen molar-refractivity contribution in [2.75, 3.05) is 0 Å². The summed E-state index contributed by atoms with van der Waals surface area (Å²) in [6, 6.07) is 13.7. The number of carbonyl (C=O) groups excluding carboxylic acids is 1. The van der Waals surface area contributed by atoms with Gasteiger partial charge >= 0.3 is 0 Å². The summed E-state index contributed by atoms with van der Waals surface area (Å²) >= 11 is 0. The van der Waals surface area contributed by atoms with Crippen LogP contribution in [0.25, 0.3) is 0 Å². The number of carbonyl (C=O) groups is 1. The van der Waals surface area contributed by atoms with Crippen LogP contribution in [0.1, 0.15) is 29.5 Å². The summed E-state index contributed by atoms with van der Waals surface area (Å²) in [5, 5.41) is 2.98. The minimum absolute atomic E-state index is 0.130. The van der Waals surface area contributed by atoms with Crippen LogP contribution in [0.5, 0.6) is 0 Å². The van der Waals surface area contributed by atoms with E-state index >= 15 is 0 Å². The fourth-order valence-corrected chi connectivity index (χ4v) is 1.86. The van der Waals surface area contributed by atoms with Gasteiger partial charge in [-0.05, 0) is 30.5 Å². The second-order valence-corrected chi connectivity index (χ2v) is 4.25. The zero-order valence-corrected chi connectivity index (χ0v) is 10.4. The van der Waals surface area contributed by atoms with E-state index in [1.54, 1.807) is 12.1 Å². The molecule has 0 saturated heterocycles. The van der Waals surface area contributed by atoms with Crippen molar-refractivity contribution in [3.05, 3.63) is 60.1 Å². The minimum atomic E-state index is -0.150. The molecule has 0 aliphatic carbocycles. The average molecular weight is 243 g/mol. The molecule has 0 radical (unpaired) electrons. The maximum atomic E-state index is 11.9. The smallest absolute Gasteiger partial charge is 0.287 e. The molecule has 1 aromatic carbocycles. The highest BCUT2D eigenvalue weighted by molar-refractivity contribution is 5.91. The average Bonchev–Trinajstić information content (AvgIpc) is 2.93. The van der Waals surface area contributed by atoms with Gasteiger partial charge in [0.15, 0.2) is 5.76 Å². The third kappa shape index (κ3) is 3.23. The Labute approximate surface area is 107 Å². The third-order valence-corrected chi connectivity index (χ3v) is 2.90. The number of rotatable bonds is 5. The number of benzene rings is 1. The highest BCUT2D eigenvalue weighted by Crippen LogP contribution is 2.07. The maximum Gasteiger partial charge on any atom is 0.287 e. The summed E-state index contributed by atoms with van der Waals surface area (Å²) in [4.78, 5) is 11.9. The van der Waals surface area contributed by atoms with Crippen molar-refractivity contribution < 1.29 is 9.21 Å². The van der Waals surface area contributed by atoms with Crippen LogP contribution >= 0.6 is 0 Å². The van der Waals surface area contributed by atoms with Crippen molar-refractivity contribution >= 4 is 5.91 Å². The number of amides is 1. The lowest BCUT2D eigenvalue weighted by atomic mass is 10.0. The van der Waals surface area contributed by atoms with E-state index in [0.29, 0.717) is 5.76 Å². The number of nitrogens with one attached hydrogen (secondary N) is 1. The van der Waals surface area contributed by atoms with Gasteiger partial charge in [-0.2, -0.15) is 0 Å². The molecule has 0 aliphatic rings. The summed E-state index contributed by atoms with van der Waals surface area (Å²) < 4.78 is 5.08. The molecule has 3 heteroatoms. The Morgan fingerprint density at radius 3 is 2.61 bits per heavy atom. The Morgan fingerprint density at radius 2 is 2.00 bits per heavy atom. The Kier molecular flexibility index (Phi) is 4.18. The van der Waals surface area contributed by atoms with Crippen molar-refractivity contribution in [3.63, 3.8) is 0 Å². The van der Waals surface area contributed by atoms with Crippen LogP contribution in [0.2, 0.25) is 0 Å². The first-order valence-electron chi connectivity index (χ1n) is 6.18. The van der Waals surface area contributed by atoms with Gasteiger partial charge in [0.05, 0.1) is 6.26 Å². The fourth-order valence-electron chi connectivity index (χ4n) is 1.86. The molecular weight excluding hydrogens is 226 g/mol. The van der Waals surface area contributed by atoms with Crippen LogP contribution in [0, 0.1) is 0 Å². The highest BCUT2D eigenvalue weighted by atomic mass is 16.3. The molecule has 0 fully saturated rings. The zero-order valence-electron chi connectivity index (χ0n) is 10.4. The molecule has 18 heavy (non-hydrogen) atoms. The van der Waals surface area contributed by atoms with E-state index < -0.39 is 0 Å². The van der Waals surface area contributed by atoms with Gasteiger partial charge in [0.2, 0.25) is 0 Å². The van der Waals surface area contributed by atoms with E-state index in [0.717, 1.165) is 12.8 Å². The van der Waals surface area contributed by atoms with Crippen molar-refractivity contribution in [3.8, 4) is 0 Å². The Morgan fingerprint density at radius 1 is 1.22 bits per heavy atom. The van der Waals surface area contributed by atoms with Crippen molar-refractivity contribution in [2.24, 2.45) is 0 Å². The van der Waals surface area contributed by atoms with Gasteiger partial charge in [0, 0.05) is 6.04 Å². The van der Waals surface area contributed by atoms with Crippen molar-refractivity contribution in [2.45, 2.75) is 25.8 Å². The molecule has 2 rings (SSSR count). The van der Waals surface area contributed by atoms with Gasteiger partial charge in [0.1, 0.15) is 0 Å². The molecule has 0 aliphatic heterocycles. The Balaban J connectivity index is 1.96. The first-order chi connectivity index (χ1) is 8.79. The fraction of sp³-hybridized carbons (Fsp3) is 0.267. The number of hydrogen-bond acceptors (Lipinski definition) is 2. The standard InChI is InChI=1S/C15H17NO2/c1-2-13(11-12-7-4-3-5-8-12)16-15(17)14-9-6-10-18-14/h3-10,13H,2,11H2,1H3,(H,16,17)/t13-/m1/s1. The highest BCUT2D eigenvalue weighted by Gasteiger charge is 2.14. The summed E-state index contributed by atoms with van der Waals surface area (Å²) in [6.45, 7) is 2.07. The van der Waals surface area contributed by atoms with Gasteiger partial charge in [0.25, 0.3) is 5.91 Å². The largest absolute Gasteiger partial charge is 0.459 e. The lowest BCUT2D eigenvalue weighted by Crippen LogP contribution is -2.35. The topological polar surface area (TPSA) is 42.2 Å². The molecule has 3 nitrogen and oxygen atoms in total. The lowest BCUT2D eigenvalue weighted by molar-refractivity contribution is 0.0907. The summed E-state index contributed by atoms with van der Waals surface area (Å²) in [6.07, 6.45) is 3.23. The molecule has 1 amide bonds. The predicted molar refractivity (Wildman–Crippen MR) is 70.4 cm³/mol. The summed E-state index contributed by atoms with van der Waals surface area (Å²) in [5.41, 5.74) is 1.23. The quantitative estimate of drug-likeness (QED) is 0.877. The van der Waals surface area contributed by atoms with Gasteiger partial charge in [-0.15, -0.1) is 0 Å². The zero-order chi connectivity index (χ0) is 12.8. The summed E-state index contributed by atoms with van der Waals surface area (Å²) in [7, 11) is 0. The van der Waals surface area contributed by atoms with Crippen LogP contribution in [0.15, 0.2) is 53.1 Å². The van der Waals surface area contributed by atoms with Crippen LogP contribution in [-0.4, -0.2) is 11.9 Å². The summed E-state index contributed by atoms with van der Waals surface area (Å²) in [5.74, 6) is 0.212. The Bertz CT molecular complexity index is 476. The second kappa shape index (κ2) is 6.05. The molecule has 1 aromatic heterocycles. The second-order valence-electron chi connectivity index (χ2n) is 4.25. The molecule has 1 atom stereocenters. The first-order valence-corrected chi connectivity index (χ1v) is 6.18. The molecular formula is C15H17NO2. The van der Waals surface area contributed by atoms with Gasteiger partial charge in [-0.3, -0.25) is 4.79 Å². The molecule has 0 bridgehead atoms. The van der Waals surface area contributed by atoms with Crippen LogP contribution in [-0.2, 0) is 6.42 Å². The molecule has 0 saturated carbocycles. The van der Waals surface area contributed by atoms with Crippen molar-refractivity contribution in [1.29, 1.82) is 0 Å². The van der Waals surface area contributed by atoms with E-state index in [-0.39, 0.29) is 11.9 Å². The predicted octanol–water partition coefficient (Wildman–Crippen LogP) is 3.03. The van der Waals surface area contributed by atoms with E-state index in [1.807, 2.05) is 18.2 Å². The lowest BCUT2D eigenvalue weighted by Gasteiger charge is -2.16. The first kappa shape index (κ1) is 12.4. The van der Waals surface area contributed by atoms with Gasteiger partial charge < -0.3 is 9.73 Å². The van der Waals surface area contributed by atoms with Crippen LogP contribution < -0.4 is 5.32 Å². The molecule has 1 N–H and O–H groups in total. The third-order valence-electron chi connectivity index (χ3n) is 2.90. The van der Waals surface area contributed by atoms with E-state index in [1.165, 1.54) is 11.8 Å². The SMILES string of the molecule is CC[C@H](Cc1ccccc1)NC(=O)c1ccco1. The minimum Gasteiger partial charge on any atom is -0.459 e. The van der Waals surface area contributed by atoms with E-state index in [9.17, 15) is 4.79 Å². The van der Waals surface area contributed by atoms with E-state index in [2.05, 4.69) is 24.4 Å². The number of furan rings is 1. The maximum absolute atomic E-state index is 11.9. The normalized spacial score (nSPS) is 12.1. The monoisotopic (exact) mass is 243 g/mol. The van der Waals surface area contributed by atoms with Crippen LogP contribution in [0.3, 0.4) is 0 Å². The van der Waals surface area contributed by atoms with Crippen LogP contribution in [0.4, 0.5) is 0 Å². The Hall–Kier alpha value is -2.03. The molecule has 94 valence electrons. The van der Waals surface area contributed by atoms with Gasteiger partial charge in [-0.25, -0.2) is 0 Å². The van der Waals surface area contributed by atoms with Crippen molar-refractivity contribution in [1.82, 2.24) is 5.32 Å². The molecule has 0 spiro atoms. The number of hydrogen-bond donors (Lipinski definition) is 1. The molecule has 1 heterocycles. The van der Waals surface area contributed by atoms with E-state index in [4.69, 9.17) is 4.42 Å². The molecule has 2 aromatic rings.